The fraction of sp³-hybridized carbons (Fsp3) is 0.636. The van der Waals surface area contributed by atoms with Gasteiger partial charge in [0, 0.05) is 32.2 Å². The molecule has 9 heteroatoms. The zero-order valence-electron chi connectivity index (χ0n) is 18.2. The zero-order chi connectivity index (χ0) is 22.2. The number of ether oxygens (including phenoxy) is 1. The average molecular weight is 450 g/mol. The highest BCUT2D eigenvalue weighted by Crippen LogP contribution is 2.36. The van der Waals surface area contributed by atoms with Crippen LogP contribution in [0.5, 0.6) is 5.75 Å². The molecule has 4 rings (SSSR count). The minimum absolute atomic E-state index is 0.0820. The number of carbonyl (C=O) groups is 2. The summed E-state index contributed by atoms with van der Waals surface area (Å²) < 4.78 is 34.2. The van der Waals surface area contributed by atoms with Gasteiger partial charge in [-0.15, -0.1) is 0 Å². The second-order valence-electron chi connectivity index (χ2n) is 8.71. The van der Waals surface area contributed by atoms with Crippen LogP contribution >= 0.6 is 0 Å². The Bertz CT molecular complexity index is 972. The van der Waals surface area contributed by atoms with Gasteiger partial charge in [-0.1, -0.05) is 6.92 Å². The number of sulfonamides is 1. The normalized spacial score (nSPS) is 24.8. The number of piperidine rings is 2. The van der Waals surface area contributed by atoms with Crippen LogP contribution in [0.2, 0.25) is 0 Å². The predicted octanol–water partition coefficient (Wildman–Crippen LogP) is 2.52. The van der Waals surface area contributed by atoms with Crippen molar-refractivity contribution in [3.05, 3.63) is 17.7 Å². The van der Waals surface area contributed by atoms with Gasteiger partial charge in [-0.2, -0.15) is 4.31 Å². The lowest BCUT2D eigenvalue weighted by Crippen LogP contribution is -2.48. The maximum atomic E-state index is 13.5. The molecule has 1 aromatic carbocycles. The number of nitrogens with zero attached hydrogens (tertiary/aromatic N) is 2. The molecule has 2 saturated heterocycles. The second-order valence-corrected chi connectivity index (χ2v) is 10.6. The van der Waals surface area contributed by atoms with E-state index in [1.165, 1.54) is 10.4 Å². The molecule has 2 amide bonds. The van der Waals surface area contributed by atoms with Gasteiger partial charge < -0.3 is 15.0 Å². The highest BCUT2D eigenvalue weighted by molar-refractivity contribution is 7.89. The van der Waals surface area contributed by atoms with Crippen LogP contribution in [0, 0.1) is 12.8 Å². The Hall–Kier alpha value is -2.13. The molecule has 0 spiro atoms. The van der Waals surface area contributed by atoms with Crippen LogP contribution < -0.4 is 10.1 Å². The number of hydrogen-bond donors (Lipinski definition) is 1. The van der Waals surface area contributed by atoms with Gasteiger partial charge in [0.2, 0.25) is 15.9 Å². The Labute approximate surface area is 184 Å². The van der Waals surface area contributed by atoms with E-state index in [0.29, 0.717) is 36.4 Å². The third-order valence-electron chi connectivity index (χ3n) is 6.49. The lowest BCUT2D eigenvalue weighted by Gasteiger charge is -2.36. The number of likely N-dealkylation sites (tertiary alicyclic amines) is 1. The summed E-state index contributed by atoms with van der Waals surface area (Å²) >= 11 is 0. The second kappa shape index (κ2) is 8.78. The van der Waals surface area contributed by atoms with Crippen molar-refractivity contribution in [2.45, 2.75) is 63.4 Å². The first-order valence-electron chi connectivity index (χ1n) is 11.2. The van der Waals surface area contributed by atoms with Gasteiger partial charge in [0.05, 0.1) is 16.5 Å². The fourth-order valence-corrected chi connectivity index (χ4v) is 6.45. The molecule has 170 valence electrons. The molecule has 3 aliphatic heterocycles. The van der Waals surface area contributed by atoms with Crippen LogP contribution in [-0.4, -0.2) is 61.7 Å². The van der Waals surface area contributed by atoms with E-state index >= 15 is 0 Å². The predicted molar refractivity (Wildman–Crippen MR) is 116 cm³/mol. The molecule has 3 heterocycles. The topological polar surface area (TPSA) is 96.0 Å². The van der Waals surface area contributed by atoms with Crippen molar-refractivity contribution in [3.8, 4) is 5.75 Å². The molecule has 8 nitrogen and oxygen atoms in total. The molecule has 0 aromatic heterocycles. The van der Waals surface area contributed by atoms with Gasteiger partial charge in [0.25, 0.3) is 5.91 Å². The number of hydrogen-bond acceptors (Lipinski definition) is 5. The van der Waals surface area contributed by atoms with Crippen LogP contribution in [0.3, 0.4) is 0 Å². The summed E-state index contributed by atoms with van der Waals surface area (Å²) in [7, 11) is -3.79. The number of aryl methyl sites for hydroxylation is 1. The number of anilines is 1. The summed E-state index contributed by atoms with van der Waals surface area (Å²) in [5.74, 6) is -0.0631. The Morgan fingerprint density at radius 3 is 2.61 bits per heavy atom. The Balaban J connectivity index is 1.56. The van der Waals surface area contributed by atoms with E-state index in [1.54, 1.807) is 13.0 Å². The molecule has 31 heavy (non-hydrogen) atoms. The first kappa shape index (κ1) is 22.1. The van der Waals surface area contributed by atoms with E-state index in [-0.39, 0.29) is 29.2 Å². The van der Waals surface area contributed by atoms with Crippen molar-refractivity contribution < 1.29 is 22.7 Å². The summed E-state index contributed by atoms with van der Waals surface area (Å²) in [5, 5.41) is 2.80. The average Bonchev–Trinajstić information content (AvgIpc) is 2.78. The smallest absolute Gasteiger partial charge is 0.265 e. The Morgan fingerprint density at radius 2 is 1.90 bits per heavy atom. The van der Waals surface area contributed by atoms with E-state index in [2.05, 4.69) is 5.32 Å². The highest BCUT2D eigenvalue weighted by atomic mass is 32.2. The maximum absolute atomic E-state index is 13.5. The summed E-state index contributed by atoms with van der Waals surface area (Å²) in [6.45, 7) is 5.71. The largest absolute Gasteiger partial charge is 0.478 e. The highest BCUT2D eigenvalue weighted by Gasteiger charge is 2.37. The molecule has 2 fully saturated rings. The summed E-state index contributed by atoms with van der Waals surface area (Å²) in [5.41, 5.74) is 1.03. The van der Waals surface area contributed by atoms with Gasteiger partial charge >= 0.3 is 0 Å². The van der Waals surface area contributed by atoms with Gasteiger partial charge in [-0.25, -0.2) is 8.42 Å². The van der Waals surface area contributed by atoms with Gasteiger partial charge in [-0.05, 0) is 57.1 Å². The standard InChI is InChI=1S/C22H31N3O5S/c1-3-18-21(26)23-17-12-15(2)20(13-19(17)30-18)31(28,29)25-11-7-8-16(14-25)22(27)24-9-5-4-6-10-24/h12-13,16,18H,3-11,14H2,1-2H3,(H,23,26)/t16-,18-/m0/s1. The quantitative estimate of drug-likeness (QED) is 0.762. The van der Waals surface area contributed by atoms with Crippen molar-refractivity contribution in [1.29, 1.82) is 0 Å². The zero-order valence-corrected chi connectivity index (χ0v) is 19.0. The van der Waals surface area contributed by atoms with Crippen LogP contribution in [0.15, 0.2) is 17.0 Å². The minimum Gasteiger partial charge on any atom is -0.478 e. The molecule has 0 radical (unpaired) electrons. The first-order chi connectivity index (χ1) is 14.8. The summed E-state index contributed by atoms with van der Waals surface area (Å²) in [6.07, 6.45) is 4.43. The molecule has 1 aromatic rings. The van der Waals surface area contributed by atoms with E-state index in [4.69, 9.17) is 4.74 Å². The van der Waals surface area contributed by atoms with Gasteiger partial charge in [-0.3, -0.25) is 9.59 Å². The van der Waals surface area contributed by atoms with Crippen molar-refractivity contribution >= 4 is 27.5 Å². The number of nitrogens with one attached hydrogen (secondary N) is 1. The minimum atomic E-state index is -3.79. The molecule has 2 atom stereocenters. The molecule has 0 unspecified atom stereocenters. The van der Waals surface area contributed by atoms with Crippen LogP contribution in [0.4, 0.5) is 5.69 Å². The number of benzene rings is 1. The van der Waals surface area contributed by atoms with Crippen LogP contribution in [0.25, 0.3) is 0 Å². The van der Waals surface area contributed by atoms with Crippen molar-refractivity contribution in [2.75, 3.05) is 31.5 Å². The molecular formula is C22H31N3O5S. The number of fused-ring (bicyclic) bond motifs is 1. The molecule has 1 N–H and O–H groups in total. The summed E-state index contributed by atoms with van der Waals surface area (Å²) in [4.78, 5) is 27.1. The van der Waals surface area contributed by atoms with Gasteiger partial charge in [0.1, 0.15) is 5.75 Å². The molecule has 0 aliphatic carbocycles. The van der Waals surface area contributed by atoms with Crippen molar-refractivity contribution in [1.82, 2.24) is 9.21 Å². The van der Waals surface area contributed by atoms with Crippen molar-refractivity contribution in [2.24, 2.45) is 5.92 Å². The van der Waals surface area contributed by atoms with E-state index in [1.807, 2.05) is 11.8 Å². The SMILES string of the molecule is CC[C@@H]1Oc2cc(S(=O)(=O)N3CCC[C@H](C(=O)N4CCCCC4)C3)c(C)cc2NC1=O. The third kappa shape index (κ3) is 4.30. The first-order valence-corrected chi connectivity index (χ1v) is 12.7. The fourth-order valence-electron chi connectivity index (χ4n) is 4.71. The van der Waals surface area contributed by atoms with Crippen molar-refractivity contribution in [3.63, 3.8) is 0 Å². The molecule has 3 aliphatic rings. The lowest BCUT2D eigenvalue weighted by atomic mass is 9.97. The van der Waals surface area contributed by atoms with Crippen LogP contribution in [-0.2, 0) is 19.6 Å². The maximum Gasteiger partial charge on any atom is 0.265 e. The monoisotopic (exact) mass is 449 g/mol. The molecule has 0 bridgehead atoms. The molecular weight excluding hydrogens is 418 g/mol. The lowest BCUT2D eigenvalue weighted by molar-refractivity contribution is -0.137. The third-order valence-corrected chi connectivity index (χ3v) is 8.49. The van der Waals surface area contributed by atoms with E-state index in [0.717, 1.165) is 38.8 Å². The van der Waals surface area contributed by atoms with Gasteiger partial charge in [0.15, 0.2) is 6.10 Å². The Kier molecular flexibility index (Phi) is 6.25. The number of rotatable bonds is 4. The van der Waals surface area contributed by atoms with E-state index < -0.39 is 16.1 Å². The number of amides is 2. The van der Waals surface area contributed by atoms with E-state index in [9.17, 15) is 18.0 Å². The number of carbonyl (C=O) groups excluding carboxylic acids is 2. The Morgan fingerprint density at radius 1 is 1.16 bits per heavy atom. The van der Waals surface area contributed by atoms with Crippen LogP contribution in [0.1, 0.15) is 51.0 Å². The molecule has 0 saturated carbocycles. The summed E-state index contributed by atoms with van der Waals surface area (Å²) in [6, 6.07) is 3.16.